The number of nitrogens with one attached hydrogen (secondary N) is 1. The molecule has 1 fully saturated rings. The summed E-state index contributed by atoms with van der Waals surface area (Å²) >= 11 is 9.41. The number of amides is 1. The number of nitrogens with zero attached hydrogens (tertiary/aromatic N) is 2. The standard InChI is InChI=1S/C23H21BrClN3O3S/c24-18-7-9-20(10-8-18)26-32(30,31)22-6-1-3-17(15-22)23(29)28-13-11-27(12-14-28)21-5-2-4-19(25)16-21/h1-10,15-16,26H,11-14H2. The van der Waals surface area contributed by atoms with Crippen LogP contribution < -0.4 is 9.62 Å². The molecule has 1 N–H and O–H groups in total. The van der Waals surface area contributed by atoms with Crippen molar-refractivity contribution < 1.29 is 13.2 Å². The molecule has 9 heteroatoms. The van der Waals surface area contributed by atoms with E-state index in [1.807, 2.05) is 24.3 Å². The van der Waals surface area contributed by atoms with Crippen LogP contribution in [-0.2, 0) is 10.0 Å². The maximum absolute atomic E-state index is 13.0. The number of sulfonamides is 1. The average Bonchev–Trinajstić information content (AvgIpc) is 2.80. The lowest BCUT2D eigenvalue weighted by Crippen LogP contribution is -2.48. The Hall–Kier alpha value is -2.55. The second-order valence-corrected chi connectivity index (χ2v) is 10.4. The fourth-order valence-corrected chi connectivity index (χ4v) is 5.10. The van der Waals surface area contributed by atoms with E-state index in [1.54, 1.807) is 41.3 Å². The van der Waals surface area contributed by atoms with E-state index < -0.39 is 10.0 Å². The molecular weight excluding hydrogens is 514 g/mol. The smallest absolute Gasteiger partial charge is 0.261 e. The highest BCUT2D eigenvalue weighted by Gasteiger charge is 2.24. The predicted molar refractivity (Wildman–Crippen MR) is 131 cm³/mol. The third-order valence-electron chi connectivity index (χ3n) is 5.23. The van der Waals surface area contributed by atoms with Crippen molar-refractivity contribution in [2.75, 3.05) is 35.8 Å². The summed E-state index contributed by atoms with van der Waals surface area (Å²) in [5.74, 6) is -0.184. The zero-order valence-electron chi connectivity index (χ0n) is 17.0. The van der Waals surface area contributed by atoms with Gasteiger partial charge in [0.1, 0.15) is 0 Å². The summed E-state index contributed by atoms with van der Waals surface area (Å²) in [6.07, 6.45) is 0. The van der Waals surface area contributed by atoms with Gasteiger partial charge in [0.15, 0.2) is 0 Å². The van der Waals surface area contributed by atoms with E-state index >= 15 is 0 Å². The number of piperazine rings is 1. The number of hydrogen-bond acceptors (Lipinski definition) is 4. The summed E-state index contributed by atoms with van der Waals surface area (Å²) in [7, 11) is -3.82. The number of rotatable bonds is 5. The van der Waals surface area contributed by atoms with Crippen molar-refractivity contribution in [3.05, 3.63) is 87.9 Å². The predicted octanol–water partition coefficient (Wildman–Crippen LogP) is 4.87. The summed E-state index contributed by atoms with van der Waals surface area (Å²) in [5, 5.41) is 0.677. The van der Waals surface area contributed by atoms with Crippen molar-refractivity contribution in [3.8, 4) is 0 Å². The Morgan fingerprint density at radius 1 is 0.906 bits per heavy atom. The Balaban J connectivity index is 1.45. The van der Waals surface area contributed by atoms with Gasteiger partial charge in [-0.15, -0.1) is 0 Å². The van der Waals surface area contributed by atoms with Crippen LogP contribution in [0.5, 0.6) is 0 Å². The molecule has 0 unspecified atom stereocenters. The zero-order valence-corrected chi connectivity index (χ0v) is 20.2. The fraction of sp³-hybridized carbons (Fsp3) is 0.174. The maximum Gasteiger partial charge on any atom is 0.261 e. The van der Waals surface area contributed by atoms with Gasteiger partial charge in [0.2, 0.25) is 0 Å². The molecule has 3 aromatic rings. The zero-order chi connectivity index (χ0) is 22.7. The molecule has 3 aromatic carbocycles. The van der Waals surface area contributed by atoms with Gasteiger partial charge in [-0.25, -0.2) is 8.42 Å². The topological polar surface area (TPSA) is 69.7 Å². The molecule has 0 atom stereocenters. The van der Waals surface area contributed by atoms with Gasteiger partial charge >= 0.3 is 0 Å². The number of benzene rings is 3. The molecule has 6 nitrogen and oxygen atoms in total. The summed E-state index contributed by atoms with van der Waals surface area (Å²) in [4.78, 5) is 17.0. The Kier molecular flexibility index (Phi) is 6.74. The van der Waals surface area contributed by atoms with Gasteiger partial charge < -0.3 is 9.80 Å². The van der Waals surface area contributed by atoms with Gasteiger partial charge in [-0.2, -0.15) is 0 Å². The fourth-order valence-electron chi connectivity index (χ4n) is 3.55. The van der Waals surface area contributed by atoms with E-state index in [0.717, 1.165) is 10.2 Å². The minimum Gasteiger partial charge on any atom is -0.368 e. The molecule has 0 aromatic heterocycles. The summed E-state index contributed by atoms with van der Waals surface area (Å²) < 4.78 is 29.0. The minimum absolute atomic E-state index is 0.0452. The largest absolute Gasteiger partial charge is 0.368 e. The van der Waals surface area contributed by atoms with Crippen LogP contribution in [0.15, 0.2) is 82.2 Å². The lowest BCUT2D eigenvalue weighted by molar-refractivity contribution is 0.0746. The molecule has 1 amide bonds. The van der Waals surface area contributed by atoms with Crippen LogP contribution in [0.3, 0.4) is 0 Å². The Labute approximate surface area is 201 Å². The molecule has 0 bridgehead atoms. The van der Waals surface area contributed by atoms with Crippen LogP contribution in [0, 0.1) is 0 Å². The first-order valence-corrected chi connectivity index (χ1v) is 12.7. The van der Waals surface area contributed by atoms with Gasteiger partial charge in [0.25, 0.3) is 15.9 Å². The lowest BCUT2D eigenvalue weighted by Gasteiger charge is -2.36. The summed E-state index contributed by atoms with van der Waals surface area (Å²) in [6.45, 7) is 2.43. The highest BCUT2D eigenvalue weighted by Crippen LogP contribution is 2.23. The first kappa shape index (κ1) is 22.6. The Morgan fingerprint density at radius 2 is 1.59 bits per heavy atom. The maximum atomic E-state index is 13.0. The molecule has 4 rings (SSSR count). The Bertz CT molecular complexity index is 1230. The first-order chi connectivity index (χ1) is 15.3. The molecule has 0 saturated carbocycles. The van der Waals surface area contributed by atoms with Crippen LogP contribution in [0.1, 0.15) is 10.4 Å². The quantitative estimate of drug-likeness (QED) is 0.507. The van der Waals surface area contributed by atoms with Crippen molar-refractivity contribution >= 4 is 54.8 Å². The first-order valence-electron chi connectivity index (χ1n) is 10.00. The second-order valence-electron chi connectivity index (χ2n) is 7.40. The average molecular weight is 535 g/mol. The number of anilines is 2. The minimum atomic E-state index is -3.82. The molecule has 1 heterocycles. The van der Waals surface area contributed by atoms with Crippen LogP contribution in [-0.4, -0.2) is 45.4 Å². The van der Waals surface area contributed by atoms with Gasteiger partial charge in [0, 0.05) is 52.6 Å². The summed E-state index contributed by atoms with van der Waals surface area (Å²) in [6, 6.07) is 20.6. The number of carbonyl (C=O) groups excluding carboxylic acids is 1. The van der Waals surface area contributed by atoms with Gasteiger partial charge in [-0.1, -0.05) is 39.7 Å². The monoisotopic (exact) mass is 533 g/mol. The van der Waals surface area contributed by atoms with E-state index in [1.165, 1.54) is 12.1 Å². The van der Waals surface area contributed by atoms with E-state index in [2.05, 4.69) is 25.6 Å². The SMILES string of the molecule is O=C(c1cccc(S(=O)(=O)Nc2ccc(Br)cc2)c1)N1CCN(c2cccc(Cl)c2)CC1. The van der Waals surface area contributed by atoms with Crippen molar-refractivity contribution in [1.82, 2.24) is 4.90 Å². The number of hydrogen-bond donors (Lipinski definition) is 1. The van der Waals surface area contributed by atoms with E-state index in [4.69, 9.17) is 11.6 Å². The lowest BCUT2D eigenvalue weighted by atomic mass is 10.1. The van der Waals surface area contributed by atoms with Crippen molar-refractivity contribution in [2.45, 2.75) is 4.90 Å². The van der Waals surface area contributed by atoms with Crippen LogP contribution >= 0.6 is 27.5 Å². The molecule has 1 aliphatic rings. The molecule has 32 heavy (non-hydrogen) atoms. The third-order valence-corrected chi connectivity index (χ3v) is 7.37. The van der Waals surface area contributed by atoms with E-state index in [9.17, 15) is 13.2 Å². The molecule has 166 valence electrons. The van der Waals surface area contributed by atoms with Gasteiger partial charge in [-0.05, 0) is 60.7 Å². The van der Waals surface area contributed by atoms with Gasteiger partial charge in [0.05, 0.1) is 4.90 Å². The molecule has 1 saturated heterocycles. The van der Waals surface area contributed by atoms with Crippen molar-refractivity contribution in [2.24, 2.45) is 0 Å². The van der Waals surface area contributed by atoms with E-state index in [0.29, 0.717) is 42.5 Å². The van der Waals surface area contributed by atoms with Gasteiger partial charge in [-0.3, -0.25) is 9.52 Å². The third kappa shape index (κ3) is 5.26. The van der Waals surface area contributed by atoms with Crippen molar-refractivity contribution in [3.63, 3.8) is 0 Å². The Morgan fingerprint density at radius 3 is 2.28 bits per heavy atom. The molecule has 0 spiro atoms. The number of halogens is 2. The molecular formula is C23H21BrClN3O3S. The van der Waals surface area contributed by atoms with Crippen LogP contribution in [0.4, 0.5) is 11.4 Å². The van der Waals surface area contributed by atoms with Crippen molar-refractivity contribution in [1.29, 1.82) is 0 Å². The summed E-state index contributed by atoms with van der Waals surface area (Å²) in [5.41, 5.74) is 1.82. The van der Waals surface area contributed by atoms with Crippen LogP contribution in [0.2, 0.25) is 5.02 Å². The molecule has 0 aliphatic carbocycles. The van der Waals surface area contributed by atoms with Crippen LogP contribution in [0.25, 0.3) is 0 Å². The van der Waals surface area contributed by atoms with E-state index in [-0.39, 0.29) is 10.8 Å². The molecule has 0 radical (unpaired) electrons. The second kappa shape index (κ2) is 9.52. The highest BCUT2D eigenvalue weighted by atomic mass is 79.9. The highest BCUT2D eigenvalue weighted by molar-refractivity contribution is 9.10. The normalized spacial score (nSPS) is 14.3. The number of carbonyl (C=O) groups is 1. The molecule has 1 aliphatic heterocycles.